The van der Waals surface area contributed by atoms with Crippen LogP contribution in [0.25, 0.3) is 0 Å². The molecule has 0 unspecified atom stereocenters. The SMILES string of the molecule is CC=CC(=O)OCc1cccc(Cl)c1. The fraction of sp³-hybridized carbons (Fsp3) is 0.182. The molecule has 14 heavy (non-hydrogen) atoms. The van der Waals surface area contributed by atoms with Crippen LogP contribution in [-0.2, 0) is 16.1 Å². The zero-order valence-corrected chi connectivity index (χ0v) is 8.62. The molecule has 0 saturated carbocycles. The molecule has 0 fully saturated rings. The number of allylic oxidation sites excluding steroid dienone is 1. The Kier molecular flexibility index (Phi) is 4.20. The second-order valence-electron chi connectivity index (χ2n) is 2.74. The van der Waals surface area contributed by atoms with Gasteiger partial charge in [0.25, 0.3) is 0 Å². The van der Waals surface area contributed by atoms with Crippen LogP contribution in [0, 0.1) is 0 Å². The van der Waals surface area contributed by atoms with Crippen LogP contribution in [0.5, 0.6) is 0 Å². The maximum atomic E-state index is 11.0. The first-order valence-corrected chi connectivity index (χ1v) is 4.64. The third-order valence-corrected chi connectivity index (χ3v) is 1.81. The first kappa shape index (κ1) is 10.8. The highest BCUT2D eigenvalue weighted by Crippen LogP contribution is 2.11. The molecule has 2 nitrogen and oxygen atoms in total. The minimum Gasteiger partial charge on any atom is -0.458 e. The Morgan fingerprint density at radius 2 is 2.36 bits per heavy atom. The molecule has 0 amide bonds. The largest absolute Gasteiger partial charge is 0.458 e. The van der Waals surface area contributed by atoms with Gasteiger partial charge in [-0.15, -0.1) is 0 Å². The summed E-state index contributed by atoms with van der Waals surface area (Å²) >= 11 is 5.77. The lowest BCUT2D eigenvalue weighted by atomic mass is 10.2. The number of hydrogen-bond donors (Lipinski definition) is 0. The van der Waals surface area contributed by atoms with E-state index in [0.29, 0.717) is 5.02 Å². The zero-order chi connectivity index (χ0) is 10.4. The highest BCUT2D eigenvalue weighted by Gasteiger charge is 1.98. The van der Waals surface area contributed by atoms with Crippen molar-refractivity contribution in [3.63, 3.8) is 0 Å². The Morgan fingerprint density at radius 1 is 1.57 bits per heavy atom. The van der Waals surface area contributed by atoms with Gasteiger partial charge in [0.15, 0.2) is 0 Å². The van der Waals surface area contributed by atoms with Crippen LogP contribution < -0.4 is 0 Å². The summed E-state index contributed by atoms with van der Waals surface area (Å²) in [6.45, 7) is 2.02. The first-order valence-electron chi connectivity index (χ1n) is 4.26. The van der Waals surface area contributed by atoms with E-state index in [-0.39, 0.29) is 12.6 Å². The van der Waals surface area contributed by atoms with Crippen LogP contribution in [0.4, 0.5) is 0 Å². The minimum atomic E-state index is -0.340. The smallest absolute Gasteiger partial charge is 0.330 e. The van der Waals surface area contributed by atoms with Crippen molar-refractivity contribution in [3.05, 3.63) is 47.0 Å². The van der Waals surface area contributed by atoms with Gasteiger partial charge >= 0.3 is 5.97 Å². The van der Waals surface area contributed by atoms with Gasteiger partial charge in [0.05, 0.1) is 0 Å². The van der Waals surface area contributed by atoms with E-state index in [4.69, 9.17) is 16.3 Å². The average Bonchev–Trinajstić information content (AvgIpc) is 2.15. The second-order valence-corrected chi connectivity index (χ2v) is 3.17. The molecule has 0 spiro atoms. The molecular formula is C11H11ClO2. The van der Waals surface area contributed by atoms with Gasteiger partial charge in [-0.3, -0.25) is 0 Å². The van der Waals surface area contributed by atoms with Gasteiger partial charge in [-0.05, 0) is 24.6 Å². The van der Waals surface area contributed by atoms with Crippen molar-refractivity contribution in [3.8, 4) is 0 Å². The van der Waals surface area contributed by atoms with E-state index < -0.39 is 0 Å². The van der Waals surface area contributed by atoms with Gasteiger partial charge in [-0.2, -0.15) is 0 Å². The monoisotopic (exact) mass is 210 g/mol. The number of carbonyl (C=O) groups excluding carboxylic acids is 1. The summed E-state index contributed by atoms with van der Waals surface area (Å²) < 4.78 is 4.94. The minimum absolute atomic E-state index is 0.254. The number of carbonyl (C=O) groups is 1. The van der Waals surface area contributed by atoms with Gasteiger partial charge < -0.3 is 4.74 Å². The van der Waals surface area contributed by atoms with Crippen LogP contribution >= 0.6 is 11.6 Å². The lowest BCUT2D eigenvalue weighted by Gasteiger charge is -2.02. The van der Waals surface area contributed by atoms with Gasteiger partial charge in [-0.25, -0.2) is 4.79 Å². The Hall–Kier alpha value is -1.28. The maximum absolute atomic E-state index is 11.0. The number of ether oxygens (including phenoxy) is 1. The Balaban J connectivity index is 2.49. The number of hydrogen-bond acceptors (Lipinski definition) is 2. The van der Waals surface area contributed by atoms with E-state index in [2.05, 4.69) is 0 Å². The molecule has 0 N–H and O–H groups in total. The number of rotatable bonds is 3. The summed E-state index contributed by atoms with van der Waals surface area (Å²) in [5.41, 5.74) is 0.885. The number of esters is 1. The van der Waals surface area contributed by atoms with Gasteiger partial charge in [-0.1, -0.05) is 29.8 Å². The molecule has 0 aliphatic heterocycles. The van der Waals surface area contributed by atoms with E-state index in [1.54, 1.807) is 25.1 Å². The van der Waals surface area contributed by atoms with Gasteiger partial charge in [0, 0.05) is 11.1 Å². The highest BCUT2D eigenvalue weighted by atomic mass is 35.5. The molecule has 1 aromatic carbocycles. The third kappa shape index (κ3) is 3.62. The van der Waals surface area contributed by atoms with E-state index in [1.165, 1.54) is 6.08 Å². The van der Waals surface area contributed by atoms with E-state index >= 15 is 0 Å². The molecule has 74 valence electrons. The number of benzene rings is 1. The lowest BCUT2D eigenvalue weighted by molar-refractivity contribution is -0.139. The fourth-order valence-corrected chi connectivity index (χ4v) is 1.18. The van der Waals surface area contributed by atoms with Crippen molar-refractivity contribution in [1.82, 2.24) is 0 Å². The van der Waals surface area contributed by atoms with E-state index in [9.17, 15) is 4.79 Å². The first-order chi connectivity index (χ1) is 6.72. The second kappa shape index (κ2) is 5.45. The lowest BCUT2D eigenvalue weighted by Crippen LogP contribution is -2.00. The van der Waals surface area contributed by atoms with Crippen LogP contribution in [0.3, 0.4) is 0 Å². The van der Waals surface area contributed by atoms with Crippen molar-refractivity contribution in [2.45, 2.75) is 13.5 Å². The number of halogens is 1. The molecule has 0 heterocycles. The summed E-state index contributed by atoms with van der Waals surface area (Å²) in [4.78, 5) is 11.0. The van der Waals surface area contributed by atoms with Crippen molar-refractivity contribution in [2.24, 2.45) is 0 Å². The van der Waals surface area contributed by atoms with Crippen LogP contribution in [0.2, 0.25) is 5.02 Å². The molecule has 0 aliphatic carbocycles. The average molecular weight is 211 g/mol. The molecule has 3 heteroatoms. The van der Waals surface area contributed by atoms with Crippen molar-refractivity contribution < 1.29 is 9.53 Å². The summed E-state index contributed by atoms with van der Waals surface area (Å²) in [7, 11) is 0. The molecule has 1 aromatic rings. The van der Waals surface area contributed by atoms with E-state index in [0.717, 1.165) is 5.56 Å². The molecule has 0 atom stereocenters. The van der Waals surface area contributed by atoms with Gasteiger partial charge in [0.2, 0.25) is 0 Å². The summed E-state index contributed by atoms with van der Waals surface area (Å²) in [6.07, 6.45) is 3.02. The Labute approximate surface area is 88.1 Å². The van der Waals surface area contributed by atoms with E-state index in [1.807, 2.05) is 12.1 Å². The molecule has 0 aromatic heterocycles. The fourth-order valence-electron chi connectivity index (χ4n) is 0.965. The zero-order valence-electron chi connectivity index (χ0n) is 7.87. The summed E-state index contributed by atoms with van der Waals surface area (Å²) in [5.74, 6) is -0.340. The molecule has 0 radical (unpaired) electrons. The van der Waals surface area contributed by atoms with Crippen LogP contribution in [-0.4, -0.2) is 5.97 Å². The molecular weight excluding hydrogens is 200 g/mol. The maximum Gasteiger partial charge on any atom is 0.330 e. The Morgan fingerprint density at radius 3 is 3.00 bits per heavy atom. The van der Waals surface area contributed by atoms with Gasteiger partial charge in [0.1, 0.15) is 6.61 Å². The molecule has 0 saturated heterocycles. The normalized spacial score (nSPS) is 10.4. The summed E-state index contributed by atoms with van der Waals surface area (Å²) in [5, 5.41) is 0.643. The highest BCUT2D eigenvalue weighted by molar-refractivity contribution is 6.30. The predicted molar refractivity (Wildman–Crippen MR) is 56.1 cm³/mol. The quantitative estimate of drug-likeness (QED) is 0.567. The van der Waals surface area contributed by atoms with Crippen molar-refractivity contribution in [2.75, 3.05) is 0 Å². The topological polar surface area (TPSA) is 26.3 Å². The predicted octanol–water partition coefficient (Wildman–Crippen LogP) is 2.96. The van der Waals surface area contributed by atoms with Crippen molar-refractivity contribution in [1.29, 1.82) is 0 Å². The molecule has 0 bridgehead atoms. The van der Waals surface area contributed by atoms with Crippen molar-refractivity contribution >= 4 is 17.6 Å². The molecule has 1 rings (SSSR count). The molecule has 0 aliphatic rings. The Bertz CT molecular complexity index is 345. The summed E-state index contributed by atoms with van der Waals surface area (Å²) in [6, 6.07) is 7.22. The van der Waals surface area contributed by atoms with Crippen LogP contribution in [0.1, 0.15) is 12.5 Å². The van der Waals surface area contributed by atoms with Crippen LogP contribution in [0.15, 0.2) is 36.4 Å². The third-order valence-electron chi connectivity index (χ3n) is 1.57. The standard InChI is InChI=1S/C11H11ClO2/c1-2-4-11(13)14-8-9-5-3-6-10(12)7-9/h2-7H,8H2,1H3.